The minimum Gasteiger partial charge on any atom is -0.395 e. The monoisotopic (exact) mass is 362 g/mol. The second-order valence-corrected chi connectivity index (χ2v) is 7.42. The van der Waals surface area contributed by atoms with Crippen molar-refractivity contribution in [2.24, 2.45) is 11.8 Å². The lowest BCUT2D eigenvalue weighted by atomic mass is 9.77. The van der Waals surface area contributed by atoms with Gasteiger partial charge in [-0.2, -0.15) is 0 Å². The zero-order valence-electron chi connectivity index (χ0n) is 14.5. The van der Waals surface area contributed by atoms with E-state index < -0.39 is 23.4 Å². The molecule has 5 rings (SSSR count). The van der Waals surface area contributed by atoms with Crippen LogP contribution in [0.2, 0.25) is 0 Å². The van der Waals surface area contributed by atoms with Gasteiger partial charge in [-0.05, 0) is 24.1 Å². The summed E-state index contributed by atoms with van der Waals surface area (Å²) in [7, 11) is 0. The highest BCUT2D eigenvalue weighted by molar-refractivity contribution is 6.26. The first kappa shape index (κ1) is 16.4. The highest BCUT2D eigenvalue weighted by Gasteiger charge is 2.69. The van der Waals surface area contributed by atoms with Crippen LogP contribution >= 0.6 is 0 Å². The van der Waals surface area contributed by atoms with E-state index in [0.717, 1.165) is 5.56 Å². The Morgan fingerprint density at radius 1 is 1.00 bits per heavy atom. The van der Waals surface area contributed by atoms with Crippen molar-refractivity contribution in [3.63, 3.8) is 0 Å². The Morgan fingerprint density at radius 3 is 2.41 bits per heavy atom. The van der Waals surface area contributed by atoms with Crippen LogP contribution in [0.4, 0.5) is 5.69 Å². The number of imide groups is 1. The van der Waals surface area contributed by atoms with E-state index in [1.807, 2.05) is 18.2 Å². The number of aliphatic hydroxyl groups excluding tert-OH is 1. The van der Waals surface area contributed by atoms with Crippen molar-refractivity contribution in [2.45, 2.75) is 18.0 Å². The molecule has 3 aliphatic rings. The number of nitrogens with one attached hydrogen (secondary N) is 1. The molecule has 0 aromatic heterocycles. The smallest absolute Gasteiger partial charge is 0.240 e. The highest BCUT2D eigenvalue weighted by atomic mass is 16.3. The van der Waals surface area contributed by atoms with Gasteiger partial charge in [0.15, 0.2) is 5.78 Å². The molecule has 2 fully saturated rings. The number of amides is 2. The quantitative estimate of drug-likeness (QED) is 0.777. The predicted molar refractivity (Wildman–Crippen MR) is 97.1 cm³/mol. The van der Waals surface area contributed by atoms with Crippen molar-refractivity contribution in [2.75, 3.05) is 11.5 Å². The molecule has 2 N–H and O–H groups in total. The number of fused-ring (bicyclic) bond motifs is 3. The van der Waals surface area contributed by atoms with Crippen LogP contribution in [0.1, 0.15) is 15.9 Å². The zero-order valence-corrected chi connectivity index (χ0v) is 14.5. The second-order valence-electron chi connectivity index (χ2n) is 7.42. The average molecular weight is 362 g/mol. The molecule has 2 aromatic carbocycles. The summed E-state index contributed by atoms with van der Waals surface area (Å²) in [6, 6.07) is 15.4. The maximum atomic E-state index is 13.3. The molecular weight excluding hydrogens is 344 g/mol. The molecule has 0 radical (unpaired) electrons. The number of aliphatic hydroxyl groups is 1. The van der Waals surface area contributed by atoms with Crippen LogP contribution in [0.25, 0.3) is 0 Å². The Hall–Kier alpha value is -2.83. The number of nitrogens with zero attached hydrogens (tertiary/aromatic N) is 1. The van der Waals surface area contributed by atoms with E-state index in [1.54, 1.807) is 36.4 Å². The lowest BCUT2D eigenvalue weighted by Gasteiger charge is -2.29. The summed E-state index contributed by atoms with van der Waals surface area (Å²) >= 11 is 0. The van der Waals surface area contributed by atoms with Crippen molar-refractivity contribution in [3.8, 4) is 0 Å². The van der Waals surface area contributed by atoms with Crippen LogP contribution in [0.5, 0.6) is 0 Å². The first-order valence-corrected chi connectivity index (χ1v) is 9.02. The van der Waals surface area contributed by atoms with E-state index in [2.05, 4.69) is 5.32 Å². The Kier molecular flexibility index (Phi) is 3.38. The average Bonchev–Trinajstić information content (AvgIpc) is 3.27. The third-order valence-corrected chi connectivity index (χ3v) is 6.11. The molecule has 2 saturated heterocycles. The lowest BCUT2D eigenvalue weighted by Crippen LogP contribution is -2.56. The fourth-order valence-electron chi connectivity index (χ4n) is 5.00. The standard InChI is InChI=1S/C21H18N2O4/c24-11-15-16-17(20(27)23(19(16)26)13-7-2-1-3-8-13)21(22-15)10-12-6-4-5-9-14(12)18(21)25/h1-9,15-17,22,24H,10-11H2/t15-,16+,17-,21+/m0/s1. The molecule has 1 spiro atoms. The van der Waals surface area contributed by atoms with Crippen LogP contribution in [-0.2, 0) is 16.0 Å². The maximum absolute atomic E-state index is 13.3. The topological polar surface area (TPSA) is 86.7 Å². The van der Waals surface area contributed by atoms with Gasteiger partial charge in [0.1, 0.15) is 0 Å². The highest BCUT2D eigenvalue weighted by Crippen LogP contribution is 2.49. The molecule has 2 heterocycles. The van der Waals surface area contributed by atoms with Crippen molar-refractivity contribution in [1.29, 1.82) is 0 Å². The van der Waals surface area contributed by atoms with Crippen molar-refractivity contribution >= 4 is 23.3 Å². The molecule has 2 aliphatic heterocycles. The normalized spacial score (nSPS) is 31.7. The van der Waals surface area contributed by atoms with Gasteiger partial charge in [-0.25, -0.2) is 4.90 Å². The van der Waals surface area contributed by atoms with Gasteiger partial charge in [0.25, 0.3) is 0 Å². The number of rotatable bonds is 2. The molecule has 2 amide bonds. The van der Waals surface area contributed by atoms with Gasteiger partial charge >= 0.3 is 0 Å². The van der Waals surface area contributed by atoms with Gasteiger partial charge in [-0.1, -0.05) is 42.5 Å². The van der Waals surface area contributed by atoms with Gasteiger partial charge < -0.3 is 5.11 Å². The summed E-state index contributed by atoms with van der Waals surface area (Å²) < 4.78 is 0. The zero-order chi connectivity index (χ0) is 18.8. The summed E-state index contributed by atoms with van der Waals surface area (Å²) in [5.74, 6) is -2.47. The van der Waals surface area contributed by atoms with Crippen LogP contribution < -0.4 is 10.2 Å². The minimum atomic E-state index is -1.17. The summed E-state index contributed by atoms with van der Waals surface area (Å²) in [4.78, 5) is 40.9. The van der Waals surface area contributed by atoms with Crippen LogP contribution in [0.15, 0.2) is 54.6 Å². The van der Waals surface area contributed by atoms with Gasteiger partial charge in [0, 0.05) is 11.6 Å². The molecule has 1 aliphatic carbocycles. The largest absolute Gasteiger partial charge is 0.395 e. The third-order valence-electron chi connectivity index (χ3n) is 6.11. The van der Waals surface area contributed by atoms with E-state index in [9.17, 15) is 19.5 Å². The first-order valence-electron chi connectivity index (χ1n) is 9.02. The van der Waals surface area contributed by atoms with E-state index in [-0.39, 0.29) is 24.2 Å². The number of hydrogen-bond acceptors (Lipinski definition) is 5. The summed E-state index contributed by atoms with van der Waals surface area (Å²) in [5, 5.41) is 13.0. The van der Waals surface area contributed by atoms with Crippen LogP contribution in [0.3, 0.4) is 0 Å². The third kappa shape index (κ3) is 1.99. The molecule has 136 valence electrons. The van der Waals surface area contributed by atoms with Gasteiger partial charge in [-0.3, -0.25) is 19.7 Å². The number of anilines is 1. The van der Waals surface area contributed by atoms with E-state index >= 15 is 0 Å². The lowest BCUT2D eigenvalue weighted by molar-refractivity contribution is -0.123. The van der Waals surface area contributed by atoms with E-state index in [0.29, 0.717) is 17.7 Å². The summed E-state index contributed by atoms with van der Waals surface area (Å²) in [5.41, 5.74) is 0.779. The molecule has 0 bridgehead atoms. The fourth-order valence-corrected chi connectivity index (χ4v) is 5.00. The van der Waals surface area contributed by atoms with Crippen molar-refractivity contribution in [3.05, 3.63) is 65.7 Å². The SMILES string of the molecule is O=C1[C@@H]2[C@H](CO)N[C@]3(Cc4ccccc4C3=O)[C@@H]2C(=O)N1c1ccccc1. The molecule has 0 saturated carbocycles. The number of para-hydroxylation sites is 1. The molecular formula is C21H18N2O4. The second kappa shape index (κ2) is 5.58. The van der Waals surface area contributed by atoms with Gasteiger partial charge in [-0.15, -0.1) is 0 Å². The van der Waals surface area contributed by atoms with E-state index in [4.69, 9.17) is 0 Å². The minimum absolute atomic E-state index is 0.167. The summed E-state index contributed by atoms with van der Waals surface area (Å²) in [6.45, 7) is -0.311. The molecule has 4 atom stereocenters. The number of benzene rings is 2. The van der Waals surface area contributed by atoms with Crippen LogP contribution in [-0.4, -0.2) is 40.9 Å². The molecule has 27 heavy (non-hydrogen) atoms. The number of hydrogen-bond donors (Lipinski definition) is 2. The molecule has 6 nitrogen and oxygen atoms in total. The number of ketones is 1. The first-order chi connectivity index (χ1) is 13.1. The number of Topliss-reactive ketones (excluding diaryl/α,β-unsaturated/α-hetero) is 1. The molecule has 2 aromatic rings. The molecule has 6 heteroatoms. The Labute approximate surface area is 155 Å². The van der Waals surface area contributed by atoms with Gasteiger partial charge in [0.2, 0.25) is 11.8 Å². The summed E-state index contributed by atoms with van der Waals surface area (Å²) in [6.07, 6.45) is 0.349. The fraction of sp³-hybridized carbons (Fsp3) is 0.286. The number of carbonyl (C=O) groups is 3. The van der Waals surface area contributed by atoms with Crippen LogP contribution in [0, 0.1) is 11.8 Å². The van der Waals surface area contributed by atoms with E-state index in [1.165, 1.54) is 4.90 Å². The Balaban J connectivity index is 1.63. The molecule has 0 unspecified atom stereocenters. The van der Waals surface area contributed by atoms with Gasteiger partial charge in [0.05, 0.1) is 29.7 Å². The van der Waals surface area contributed by atoms with Crippen molar-refractivity contribution < 1.29 is 19.5 Å². The Bertz CT molecular complexity index is 973. The Morgan fingerprint density at radius 2 is 1.70 bits per heavy atom. The van der Waals surface area contributed by atoms with Crippen molar-refractivity contribution in [1.82, 2.24) is 5.32 Å². The maximum Gasteiger partial charge on any atom is 0.240 e. The predicted octanol–water partition coefficient (Wildman–Crippen LogP) is 0.934. The number of carbonyl (C=O) groups excluding carboxylic acids is 3.